The molecule has 0 heterocycles. The van der Waals surface area contributed by atoms with Gasteiger partial charge in [0.15, 0.2) is 0 Å². The molecular weight excluding hydrogens is 288 g/mol. The van der Waals surface area contributed by atoms with Crippen molar-refractivity contribution in [2.75, 3.05) is 5.32 Å². The van der Waals surface area contributed by atoms with Gasteiger partial charge in [-0.25, -0.2) is 0 Å². The Morgan fingerprint density at radius 1 is 1.09 bits per heavy atom. The van der Waals surface area contributed by atoms with Gasteiger partial charge in [-0.15, -0.1) is 0 Å². The smallest absolute Gasteiger partial charge is 0.282 e. The standard InChI is InChI=1S/C15H12N2O5/c1-9-5-2-3-7-11(9)16-14(18)13-10(15(19)20)6-4-8-12(13)17(21)22/h2-8H,1H3,(H,16,18)(H,19,20)/p-1. The number of carboxylic acids is 1. The summed E-state index contributed by atoms with van der Waals surface area (Å²) >= 11 is 0. The second kappa shape index (κ2) is 6.04. The summed E-state index contributed by atoms with van der Waals surface area (Å²) in [5.74, 6) is -2.53. The zero-order valence-electron chi connectivity index (χ0n) is 11.5. The van der Waals surface area contributed by atoms with Crippen LogP contribution in [-0.2, 0) is 0 Å². The largest absolute Gasteiger partial charge is 0.545 e. The van der Waals surface area contributed by atoms with Crippen molar-refractivity contribution in [3.63, 3.8) is 0 Å². The third-order valence-electron chi connectivity index (χ3n) is 3.08. The molecule has 1 amide bonds. The van der Waals surface area contributed by atoms with E-state index in [1.54, 1.807) is 31.2 Å². The number of carbonyl (C=O) groups excluding carboxylic acids is 2. The molecule has 1 N–H and O–H groups in total. The first kappa shape index (κ1) is 15.2. The van der Waals surface area contributed by atoms with Crippen molar-refractivity contribution >= 4 is 23.3 Å². The van der Waals surface area contributed by atoms with Gasteiger partial charge in [0.1, 0.15) is 5.56 Å². The van der Waals surface area contributed by atoms with E-state index in [1.807, 2.05) is 0 Å². The molecule has 22 heavy (non-hydrogen) atoms. The lowest BCUT2D eigenvalue weighted by Gasteiger charge is -2.12. The predicted octanol–water partition coefficient (Wildman–Crippen LogP) is 1.52. The molecule has 2 rings (SSSR count). The van der Waals surface area contributed by atoms with E-state index in [9.17, 15) is 24.8 Å². The first-order valence-corrected chi connectivity index (χ1v) is 6.27. The van der Waals surface area contributed by atoms with E-state index in [0.29, 0.717) is 5.69 Å². The van der Waals surface area contributed by atoms with Crippen molar-refractivity contribution in [1.29, 1.82) is 0 Å². The number of aryl methyl sites for hydroxylation is 1. The lowest BCUT2D eigenvalue weighted by atomic mass is 10.0. The summed E-state index contributed by atoms with van der Waals surface area (Å²) in [6.07, 6.45) is 0. The molecule has 0 aliphatic carbocycles. The summed E-state index contributed by atoms with van der Waals surface area (Å²) in [6.45, 7) is 1.74. The Morgan fingerprint density at radius 3 is 2.36 bits per heavy atom. The predicted molar refractivity (Wildman–Crippen MR) is 76.6 cm³/mol. The molecule has 0 unspecified atom stereocenters. The number of benzene rings is 2. The number of amides is 1. The van der Waals surface area contributed by atoms with Gasteiger partial charge < -0.3 is 15.2 Å². The molecule has 0 atom stereocenters. The highest BCUT2D eigenvalue weighted by Gasteiger charge is 2.24. The summed E-state index contributed by atoms with van der Waals surface area (Å²) in [7, 11) is 0. The van der Waals surface area contributed by atoms with Crippen LogP contribution in [0.1, 0.15) is 26.3 Å². The van der Waals surface area contributed by atoms with Gasteiger partial charge in [0.05, 0.1) is 10.9 Å². The Kier molecular flexibility index (Phi) is 4.17. The van der Waals surface area contributed by atoms with Gasteiger partial charge in [-0.3, -0.25) is 14.9 Å². The minimum Gasteiger partial charge on any atom is -0.545 e. The molecule has 0 aliphatic rings. The van der Waals surface area contributed by atoms with Gasteiger partial charge in [0.2, 0.25) is 0 Å². The zero-order valence-corrected chi connectivity index (χ0v) is 11.5. The van der Waals surface area contributed by atoms with Gasteiger partial charge in [-0.05, 0) is 18.6 Å². The van der Waals surface area contributed by atoms with E-state index in [-0.39, 0.29) is 0 Å². The number of nitrogens with zero attached hydrogens (tertiary/aromatic N) is 1. The number of nitrogens with one attached hydrogen (secondary N) is 1. The Hall–Kier alpha value is -3.22. The maximum Gasteiger partial charge on any atom is 0.282 e. The van der Waals surface area contributed by atoms with Crippen molar-refractivity contribution in [2.45, 2.75) is 6.92 Å². The molecule has 2 aromatic carbocycles. The molecule has 0 aliphatic heterocycles. The highest BCUT2D eigenvalue weighted by molar-refractivity contribution is 6.13. The van der Waals surface area contributed by atoms with Crippen LogP contribution in [0.2, 0.25) is 0 Å². The van der Waals surface area contributed by atoms with E-state index >= 15 is 0 Å². The average Bonchev–Trinajstić information content (AvgIpc) is 2.48. The maximum absolute atomic E-state index is 12.3. The molecule has 0 spiro atoms. The van der Waals surface area contributed by atoms with Crippen molar-refractivity contribution in [3.8, 4) is 0 Å². The molecule has 0 fully saturated rings. The van der Waals surface area contributed by atoms with Gasteiger partial charge in [0, 0.05) is 17.3 Å². The number of aromatic carboxylic acids is 1. The van der Waals surface area contributed by atoms with E-state index < -0.39 is 33.6 Å². The minimum absolute atomic E-state index is 0.440. The van der Waals surface area contributed by atoms with Gasteiger partial charge in [-0.2, -0.15) is 0 Å². The van der Waals surface area contributed by atoms with Crippen LogP contribution in [0.15, 0.2) is 42.5 Å². The number of anilines is 1. The van der Waals surface area contributed by atoms with Crippen molar-refractivity contribution < 1.29 is 19.6 Å². The van der Waals surface area contributed by atoms with Crippen LogP contribution in [0.4, 0.5) is 11.4 Å². The second-order valence-electron chi connectivity index (χ2n) is 4.51. The number of para-hydroxylation sites is 1. The number of carboxylic acid groups (broad SMARTS) is 1. The fourth-order valence-electron chi connectivity index (χ4n) is 2.00. The second-order valence-corrected chi connectivity index (χ2v) is 4.51. The fraction of sp³-hybridized carbons (Fsp3) is 0.0667. The van der Waals surface area contributed by atoms with Crippen LogP contribution in [0.25, 0.3) is 0 Å². The lowest BCUT2D eigenvalue weighted by Crippen LogP contribution is -2.27. The average molecular weight is 299 g/mol. The molecule has 0 saturated carbocycles. The highest BCUT2D eigenvalue weighted by atomic mass is 16.6. The van der Waals surface area contributed by atoms with E-state index in [2.05, 4.69) is 5.32 Å². The van der Waals surface area contributed by atoms with Gasteiger partial charge >= 0.3 is 0 Å². The van der Waals surface area contributed by atoms with E-state index in [0.717, 1.165) is 17.7 Å². The van der Waals surface area contributed by atoms with Crippen LogP contribution in [-0.4, -0.2) is 16.8 Å². The van der Waals surface area contributed by atoms with Crippen LogP contribution in [0.5, 0.6) is 0 Å². The maximum atomic E-state index is 12.3. The number of nitro groups is 1. The third-order valence-corrected chi connectivity index (χ3v) is 3.08. The fourth-order valence-corrected chi connectivity index (χ4v) is 2.00. The van der Waals surface area contributed by atoms with Crippen molar-refractivity contribution in [3.05, 3.63) is 69.3 Å². The highest BCUT2D eigenvalue weighted by Crippen LogP contribution is 2.24. The Bertz CT molecular complexity index is 738. The van der Waals surface area contributed by atoms with Gasteiger partial charge in [-0.1, -0.05) is 30.3 Å². The number of nitro benzene ring substituents is 1. The Morgan fingerprint density at radius 2 is 1.77 bits per heavy atom. The lowest BCUT2D eigenvalue weighted by molar-refractivity contribution is -0.385. The van der Waals surface area contributed by atoms with Crippen LogP contribution in [0.3, 0.4) is 0 Å². The molecule has 112 valence electrons. The Labute approximate surface area is 125 Å². The molecule has 7 nitrogen and oxygen atoms in total. The third kappa shape index (κ3) is 2.93. The molecule has 7 heteroatoms. The molecule has 2 aromatic rings. The molecule has 0 bridgehead atoms. The quantitative estimate of drug-likeness (QED) is 0.679. The normalized spacial score (nSPS) is 10.0. The SMILES string of the molecule is Cc1ccccc1NC(=O)c1c(C(=O)[O-])cccc1[N+](=O)[O-]. The molecule has 0 radical (unpaired) electrons. The summed E-state index contributed by atoms with van der Waals surface area (Å²) in [5.41, 5.74) is -0.469. The van der Waals surface area contributed by atoms with Crippen LogP contribution >= 0.6 is 0 Å². The van der Waals surface area contributed by atoms with Crippen LogP contribution < -0.4 is 10.4 Å². The van der Waals surface area contributed by atoms with E-state index in [1.165, 1.54) is 6.07 Å². The zero-order chi connectivity index (χ0) is 16.3. The first-order valence-electron chi connectivity index (χ1n) is 6.27. The number of carbonyl (C=O) groups is 2. The molecule has 0 saturated heterocycles. The number of hydrogen-bond donors (Lipinski definition) is 1. The summed E-state index contributed by atoms with van der Waals surface area (Å²) in [6, 6.07) is 10.2. The summed E-state index contributed by atoms with van der Waals surface area (Å²) in [4.78, 5) is 33.6. The topological polar surface area (TPSA) is 112 Å². The Balaban J connectivity index is 2.51. The number of hydrogen-bond acceptors (Lipinski definition) is 5. The summed E-state index contributed by atoms with van der Waals surface area (Å²) in [5, 5.41) is 24.6. The molecule has 0 aromatic heterocycles. The molecular formula is C15H11N2O5-. The van der Waals surface area contributed by atoms with Crippen molar-refractivity contribution in [2.24, 2.45) is 0 Å². The minimum atomic E-state index is -1.65. The number of rotatable bonds is 4. The van der Waals surface area contributed by atoms with Gasteiger partial charge in [0.25, 0.3) is 11.6 Å². The summed E-state index contributed by atoms with van der Waals surface area (Å²) < 4.78 is 0. The van der Waals surface area contributed by atoms with Crippen LogP contribution in [0, 0.1) is 17.0 Å². The monoisotopic (exact) mass is 299 g/mol. The van der Waals surface area contributed by atoms with Crippen molar-refractivity contribution in [1.82, 2.24) is 0 Å². The first-order chi connectivity index (χ1) is 10.4. The van der Waals surface area contributed by atoms with E-state index in [4.69, 9.17) is 0 Å².